The Morgan fingerprint density at radius 1 is 1.16 bits per heavy atom. The number of aliphatic hydroxyl groups excluding tert-OH is 1. The van der Waals surface area contributed by atoms with Crippen LogP contribution in [-0.4, -0.2) is 76.2 Å². The summed E-state index contributed by atoms with van der Waals surface area (Å²) in [5.74, 6) is -1.40. The number of ether oxygens (including phenoxy) is 1. The Morgan fingerprint density at radius 3 is 2.52 bits per heavy atom. The predicted octanol–water partition coefficient (Wildman–Crippen LogP) is 2.17. The second kappa shape index (κ2) is 9.03. The fourth-order valence-electron chi connectivity index (χ4n) is 4.42. The molecular formula is C23H28N4O4. The van der Waals surface area contributed by atoms with Crippen LogP contribution in [0.4, 0.5) is 0 Å². The quantitative estimate of drug-likeness (QED) is 0.419. The number of carbonyl (C=O) groups is 2. The Hall–Kier alpha value is -2.97. The van der Waals surface area contributed by atoms with Gasteiger partial charge in [-0.05, 0) is 25.8 Å². The average molecular weight is 425 g/mol. The van der Waals surface area contributed by atoms with Crippen molar-refractivity contribution in [2.75, 3.05) is 39.4 Å². The van der Waals surface area contributed by atoms with Gasteiger partial charge in [0, 0.05) is 31.9 Å². The van der Waals surface area contributed by atoms with Gasteiger partial charge in [-0.25, -0.2) is 0 Å². The van der Waals surface area contributed by atoms with Crippen LogP contribution in [0.2, 0.25) is 0 Å². The zero-order valence-electron chi connectivity index (χ0n) is 17.9. The molecule has 0 spiro atoms. The first kappa shape index (κ1) is 21.3. The van der Waals surface area contributed by atoms with E-state index in [1.54, 1.807) is 18.7 Å². The van der Waals surface area contributed by atoms with Gasteiger partial charge < -0.3 is 14.7 Å². The van der Waals surface area contributed by atoms with E-state index in [2.05, 4.69) is 15.1 Å². The number of hydrogen-bond acceptors (Lipinski definition) is 6. The molecule has 1 unspecified atom stereocenters. The summed E-state index contributed by atoms with van der Waals surface area (Å²) in [6.45, 7) is 7.99. The summed E-state index contributed by atoms with van der Waals surface area (Å²) < 4.78 is 5.39. The zero-order chi connectivity index (χ0) is 22.0. The van der Waals surface area contributed by atoms with Gasteiger partial charge in [0.05, 0.1) is 36.1 Å². The fraction of sp³-hybridized carbons (Fsp3) is 0.435. The fourth-order valence-corrected chi connectivity index (χ4v) is 4.42. The van der Waals surface area contributed by atoms with Crippen LogP contribution < -0.4 is 0 Å². The molecule has 1 amide bonds. The van der Waals surface area contributed by atoms with Gasteiger partial charge in [0.25, 0.3) is 11.7 Å². The van der Waals surface area contributed by atoms with Crippen molar-refractivity contribution in [3.05, 3.63) is 58.4 Å². The van der Waals surface area contributed by atoms with E-state index in [0.717, 1.165) is 44.8 Å². The molecule has 2 saturated heterocycles. The maximum atomic E-state index is 13.1. The molecule has 31 heavy (non-hydrogen) atoms. The number of likely N-dealkylation sites (tertiary alicyclic amines) is 1. The maximum absolute atomic E-state index is 13.1. The van der Waals surface area contributed by atoms with Crippen molar-refractivity contribution in [1.29, 1.82) is 0 Å². The molecule has 2 fully saturated rings. The largest absolute Gasteiger partial charge is 0.507 e. The number of nitrogens with one attached hydrogen (secondary N) is 1. The van der Waals surface area contributed by atoms with Crippen LogP contribution in [0.5, 0.6) is 0 Å². The van der Waals surface area contributed by atoms with E-state index < -0.39 is 17.7 Å². The lowest BCUT2D eigenvalue weighted by molar-refractivity contribution is -0.140. The number of hydrogen-bond donors (Lipinski definition) is 2. The van der Waals surface area contributed by atoms with Crippen LogP contribution >= 0.6 is 0 Å². The number of morpholine rings is 1. The molecule has 2 aliphatic rings. The Kier molecular flexibility index (Phi) is 6.20. The number of H-pyrrole nitrogens is 1. The zero-order valence-corrected chi connectivity index (χ0v) is 17.9. The van der Waals surface area contributed by atoms with E-state index >= 15 is 0 Å². The van der Waals surface area contributed by atoms with Crippen molar-refractivity contribution in [3.63, 3.8) is 0 Å². The number of aromatic amines is 1. The standard InChI is InChI=1S/C23H28N4O4/c1-15-18(16(2)25-24-15)21(28)19-20(17-7-4-3-5-8-17)27(23(30)22(19)29)10-6-9-26-11-13-31-14-12-26/h3-5,7-8,20,28H,6,9-14H2,1-2H3,(H,24,25). The Labute approximate surface area is 181 Å². The molecule has 0 saturated carbocycles. The van der Waals surface area contributed by atoms with E-state index in [-0.39, 0.29) is 11.3 Å². The number of aryl methyl sites for hydroxylation is 2. The van der Waals surface area contributed by atoms with Crippen LogP contribution in [0.15, 0.2) is 35.9 Å². The third-order valence-electron chi connectivity index (χ3n) is 6.00. The van der Waals surface area contributed by atoms with E-state index in [4.69, 9.17) is 4.74 Å². The number of ketones is 1. The topological polar surface area (TPSA) is 98.8 Å². The molecule has 2 aromatic rings. The summed E-state index contributed by atoms with van der Waals surface area (Å²) in [6, 6.07) is 8.77. The number of nitrogens with zero attached hydrogens (tertiary/aromatic N) is 3. The molecule has 0 aliphatic carbocycles. The maximum Gasteiger partial charge on any atom is 0.295 e. The monoisotopic (exact) mass is 424 g/mol. The van der Waals surface area contributed by atoms with E-state index in [1.807, 2.05) is 30.3 Å². The summed E-state index contributed by atoms with van der Waals surface area (Å²) in [4.78, 5) is 29.9. The smallest absolute Gasteiger partial charge is 0.295 e. The lowest BCUT2D eigenvalue weighted by Gasteiger charge is -2.29. The normalized spacial score (nSPS) is 21.7. The number of aromatic nitrogens is 2. The highest BCUT2D eigenvalue weighted by Gasteiger charge is 2.46. The third-order valence-corrected chi connectivity index (χ3v) is 6.00. The summed E-state index contributed by atoms with van der Waals surface area (Å²) in [5.41, 5.74) is 2.64. The van der Waals surface area contributed by atoms with Gasteiger partial charge in [-0.3, -0.25) is 19.6 Å². The van der Waals surface area contributed by atoms with Gasteiger partial charge in [-0.15, -0.1) is 0 Å². The lowest BCUT2D eigenvalue weighted by atomic mass is 9.94. The highest BCUT2D eigenvalue weighted by molar-refractivity contribution is 6.46. The van der Waals surface area contributed by atoms with Crippen LogP contribution in [0.3, 0.4) is 0 Å². The van der Waals surface area contributed by atoms with Crippen molar-refractivity contribution in [2.24, 2.45) is 0 Å². The van der Waals surface area contributed by atoms with Gasteiger partial charge in [-0.2, -0.15) is 5.10 Å². The van der Waals surface area contributed by atoms with Gasteiger partial charge in [0.2, 0.25) is 0 Å². The number of Topliss-reactive ketones (excluding diaryl/α,β-unsaturated/α-hetero) is 1. The van der Waals surface area contributed by atoms with Gasteiger partial charge in [0.1, 0.15) is 5.76 Å². The Bertz CT molecular complexity index is 973. The van der Waals surface area contributed by atoms with E-state index in [0.29, 0.717) is 23.5 Å². The molecule has 1 aromatic heterocycles. The highest BCUT2D eigenvalue weighted by atomic mass is 16.5. The molecule has 0 bridgehead atoms. The molecule has 2 aliphatic heterocycles. The molecule has 3 heterocycles. The molecule has 0 radical (unpaired) electrons. The first-order valence-corrected chi connectivity index (χ1v) is 10.6. The average Bonchev–Trinajstić information content (AvgIpc) is 3.25. The Morgan fingerprint density at radius 2 is 1.87 bits per heavy atom. The molecule has 1 atom stereocenters. The van der Waals surface area contributed by atoms with Crippen molar-refractivity contribution < 1.29 is 19.4 Å². The second-order valence-corrected chi connectivity index (χ2v) is 8.02. The molecule has 4 rings (SSSR count). The third kappa shape index (κ3) is 4.13. The summed E-state index contributed by atoms with van der Waals surface area (Å²) in [7, 11) is 0. The lowest BCUT2D eigenvalue weighted by Crippen LogP contribution is -2.38. The highest BCUT2D eigenvalue weighted by Crippen LogP contribution is 2.40. The molecular weight excluding hydrogens is 396 g/mol. The first-order valence-electron chi connectivity index (χ1n) is 10.6. The van der Waals surface area contributed by atoms with E-state index in [9.17, 15) is 14.7 Å². The minimum atomic E-state index is -0.655. The molecule has 164 valence electrons. The Balaban J connectivity index is 1.67. The second-order valence-electron chi connectivity index (χ2n) is 8.02. The van der Waals surface area contributed by atoms with Crippen LogP contribution in [0, 0.1) is 13.8 Å². The van der Waals surface area contributed by atoms with Gasteiger partial charge in [-0.1, -0.05) is 30.3 Å². The van der Waals surface area contributed by atoms with Crippen LogP contribution in [0.1, 0.15) is 35.0 Å². The molecule has 1 aromatic carbocycles. The molecule has 8 nitrogen and oxygen atoms in total. The number of carbonyl (C=O) groups excluding carboxylic acids is 2. The minimum absolute atomic E-state index is 0.121. The molecule has 8 heteroatoms. The van der Waals surface area contributed by atoms with Crippen molar-refractivity contribution in [1.82, 2.24) is 20.0 Å². The summed E-state index contributed by atoms with van der Waals surface area (Å²) in [6.07, 6.45) is 0.736. The van der Waals surface area contributed by atoms with Crippen molar-refractivity contribution >= 4 is 17.4 Å². The van der Waals surface area contributed by atoms with Gasteiger partial charge in [0.15, 0.2) is 0 Å². The van der Waals surface area contributed by atoms with Crippen LogP contribution in [0.25, 0.3) is 5.76 Å². The van der Waals surface area contributed by atoms with Gasteiger partial charge >= 0.3 is 0 Å². The van der Waals surface area contributed by atoms with Crippen molar-refractivity contribution in [3.8, 4) is 0 Å². The van der Waals surface area contributed by atoms with Crippen LogP contribution in [-0.2, 0) is 14.3 Å². The van der Waals surface area contributed by atoms with E-state index in [1.165, 1.54) is 0 Å². The number of amides is 1. The molecule has 2 N–H and O–H groups in total. The van der Waals surface area contributed by atoms with Crippen molar-refractivity contribution in [2.45, 2.75) is 26.3 Å². The number of benzene rings is 1. The summed E-state index contributed by atoms with van der Waals surface area (Å²) in [5, 5.41) is 18.1. The number of aliphatic hydroxyl groups is 1. The number of rotatable bonds is 6. The first-order chi connectivity index (χ1) is 15.0. The predicted molar refractivity (Wildman–Crippen MR) is 115 cm³/mol. The minimum Gasteiger partial charge on any atom is -0.507 e. The SMILES string of the molecule is Cc1n[nH]c(C)c1C(O)=C1C(=O)C(=O)N(CCCN2CCOCC2)C1c1ccccc1. The summed E-state index contributed by atoms with van der Waals surface area (Å²) >= 11 is 0.